The van der Waals surface area contributed by atoms with E-state index in [9.17, 15) is 9.59 Å². The van der Waals surface area contributed by atoms with Crippen molar-refractivity contribution in [2.45, 2.75) is 19.0 Å². The van der Waals surface area contributed by atoms with E-state index < -0.39 is 6.04 Å². The standard InChI is InChI=1S/C24H23ClN2O3/c1-30-19-11-7-8-17(14-19)16-26-23(28)15-22(18-9-3-2-4-10-18)27-24(29)20-12-5-6-13-21(20)25/h2-14,22H,15-16H2,1H3,(H,26,28)(H,27,29)/t22-/m0/s1. The second-order valence-corrected chi connectivity index (χ2v) is 7.16. The van der Waals surface area contributed by atoms with Crippen molar-refractivity contribution in [3.8, 4) is 5.75 Å². The van der Waals surface area contributed by atoms with E-state index in [1.165, 1.54) is 0 Å². The van der Waals surface area contributed by atoms with Gasteiger partial charge < -0.3 is 15.4 Å². The average molecular weight is 423 g/mol. The molecule has 6 heteroatoms. The Bertz CT molecular complexity index is 1010. The molecular formula is C24H23ClN2O3. The predicted octanol–water partition coefficient (Wildman–Crippen LogP) is 4.53. The molecule has 0 aliphatic heterocycles. The number of hydrogen-bond acceptors (Lipinski definition) is 3. The summed E-state index contributed by atoms with van der Waals surface area (Å²) in [5.74, 6) is 0.233. The Morgan fingerprint density at radius 2 is 1.70 bits per heavy atom. The van der Waals surface area contributed by atoms with E-state index in [1.54, 1.807) is 31.4 Å². The molecule has 3 rings (SSSR count). The maximum Gasteiger partial charge on any atom is 0.253 e. The number of hydrogen-bond donors (Lipinski definition) is 2. The van der Waals surface area contributed by atoms with Crippen molar-refractivity contribution in [1.82, 2.24) is 10.6 Å². The van der Waals surface area contributed by atoms with Crippen molar-refractivity contribution in [2.75, 3.05) is 7.11 Å². The van der Waals surface area contributed by atoms with Crippen molar-refractivity contribution < 1.29 is 14.3 Å². The summed E-state index contributed by atoms with van der Waals surface area (Å²) in [6.07, 6.45) is 0.101. The third-order valence-corrected chi connectivity index (χ3v) is 4.97. The molecule has 0 saturated heterocycles. The van der Waals surface area contributed by atoms with Crippen LogP contribution in [0.1, 0.15) is 33.9 Å². The van der Waals surface area contributed by atoms with Gasteiger partial charge in [0.15, 0.2) is 0 Å². The summed E-state index contributed by atoms with van der Waals surface area (Å²) < 4.78 is 5.21. The molecule has 3 aromatic rings. The maximum atomic E-state index is 12.7. The molecule has 0 saturated carbocycles. The number of benzene rings is 3. The highest BCUT2D eigenvalue weighted by Crippen LogP contribution is 2.20. The molecule has 0 heterocycles. The number of amides is 2. The van der Waals surface area contributed by atoms with Crippen LogP contribution in [0, 0.1) is 0 Å². The molecule has 0 radical (unpaired) electrons. The fourth-order valence-electron chi connectivity index (χ4n) is 3.06. The van der Waals surface area contributed by atoms with Crippen LogP contribution in [0.4, 0.5) is 0 Å². The summed E-state index contributed by atoms with van der Waals surface area (Å²) in [6.45, 7) is 0.371. The summed E-state index contributed by atoms with van der Waals surface area (Å²) in [5.41, 5.74) is 2.14. The van der Waals surface area contributed by atoms with Gasteiger partial charge in [-0.3, -0.25) is 9.59 Å². The Morgan fingerprint density at radius 3 is 2.43 bits per heavy atom. The Kier molecular flexibility index (Phi) is 7.46. The third kappa shape index (κ3) is 5.84. The quantitative estimate of drug-likeness (QED) is 0.560. The smallest absolute Gasteiger partial charge is 0.253 e. The summed E-state index contributed by atoms with van der Waals surface area (Å²) in [5, 5.41) is 6.20. The van der Waals surface area contributed by atoms with Gasteiger partial charge in [0.05, 0.1) is 30.2 Å². The summed E-state index contributed by atoms with van der Waals surface area (Å²) in [7, 11) is 1.60. The van der Waals surface area contributed by atoms with Gasteiger partial charge in [0, 0.05) is 6.54 Å². The molecule has 5 nitrogen and oxygen atoms in total. The van der Waals surface area contributed by atoms with Gasteiger partial charge in [-0.15, -0.1) is 0 Å². The molecule has 0 aromatic heterocycles. The van der Waals surface area contributed by atoms with E-state index in [-0.39, 0.29) is 18.2 Å². The first kappa shape index (κ1) is 21.4. The zero-order valence-electron chi connectivity index (χ0n) is 16.6. The minimum Gasteiger partial charge on any atom is -0.497 e. The zero-order valence-corrected chi connectivity index (χ0v) is 17.4. The first-order chi connectivity index (χ1) is 14.6. The molecule has 3 aromatic carbocycles. The molecule has 2 amide bonds. The molecule has 154 valence electrons. The predicted molar refractivity (Wildman–Crippen MR) is 118 cm³/mol. The summed E-state index contributed by atoms with van der Waals surface area (Å²) >= 11 is 6.15. The molecular weight excluding hydrogens is 400 g/mol. The van der Waals surface area contributed by atoms with Gasteiger partial charge in [0.25, 0.3) is 5.91 Å². The lowest BCUT2D eigenvalue weighted by Gasteiger charge is -2.19. The minimum atomic E-state index is -0.486. The highest BCUT2D eigenvalue weighted by Gasteiger charge is 2.20. The van der Waals surface area contributed by atoms with E-state index in [0.29, 0.717) is 17.1 Å². The lowest BCUT2D eigenvalue weighted by atomic mass is 10.0. The van der Waals surface area contributed by atoms with Crippen LogP contribution in [0.5, 0.6) is 5.75 Å². The highest BCUT2D eigenvalue weighted by atomic mass is 35.5. The number of halogens is 1. The van der Waals surface area contributed by atoms with Gasteiger partial charge in [-0.1, -0.05) is 66.2 Å². The van der Waals surface area contributed by atoms with E-state index in [4.69, 9.17) is 16.3 Å². The monoisotopic (exact) mass is 422 g/mol. The fourth-order valence-corrected chi connectivity index (χ4v) is 3.28. The summed E-state index contributed by atoms with van der Waals surface area (Å²) in [4.78, 5) is 25.4. The van der Waals surface area contributed by atoms with Gasteiger partial charge in [0.2, 0.25) is 5.91 Å². The molecule has 0 unspecified atom stereocenters. The topological polar surface area (TPSA) is 67.4 Å². The highest BCUT2D eigenvalue weighted by molar-refractivity contribution is 6.33. The van der Waals surface area contributed by atoms with Crippen molar-refractivity contribution >= 4 is 23.4 Å². The Labute approximate surface area is 181 Å². The zero-order chi connectivity index (χ0) is 21.3. The van der Waals surface area contributed by atoms with Gasteiger partial charge in [0.1, 0.15) is 5.75 Å². The van der Waals surface area contributed by atoms with E-state index in [0.717, 1.165) is 16.9 Å². The number of ether oxygens (including phenoxy) is 1. The van der Waals surface area contributed by atoms with Gasteiger partial charge >= 0.3 is 0 Å². The normalized spacial score (nSPS) is 11.4. The van der Waals surface area contributed by atoms with Crippen LogP contribution in [0.25, 0.3) is 0 Å². The fraction of sp³-hybridized carbons (Fsp3) is 0.167. The molecule has 2 N–H and O–H groups in total. The van der Waals surface area contributed by atoms with E-state index in [2.05, 4.69) is 10.6 Å². The lowest BCUT2D eigenvalue weighted by Crippen LogP contribution is -2.33. The number of nitrogens with one attached hydrogen (secondary N) is 2. The molecule has 0 fully saturated rings. The largest absolute Gasteiger partial charge is 0.497 e. The summed E-state index contributed by atoms with van der Waals surface area (Å²) in [6, 6.07) is 23.2. The second-order valence-electron chi connectivity index (χ2n) is 6.75. The molecule has 1 atom stereocenters. The first-order valence-corrected chi connectivity index (χ1v) is 9.94. The minimum absolute atomic E-state index is 0.101. The van der Waals surface area contributed by atoms with Crippen LogP contribution in [-0.4, -0.2) is 18.9 Å². The number of rotatable bonds is 8. The number of methoxy groups -OCH3 is 1. The second kappa shape index (κ2) is 10.5. The van der Waals surface area contributed by atoms with Crippen molar-refractivity contribution in [2.24, 2.45) is 0 Å². The molecule has 0 aliphatic rings. The molecule has 0 aliphatic carbocycles. The van der Waals surface area contributed by atoms with Crippen LogP contribution < -0.4 is 15.4 Å². The molecule has 0 spiro atoms. The average Bonchev–Trinajstić information content (AvgIpc) is 2.78. The maximum absolute atomic E-state index is 12.7. The van der Waals surface area contributed by atoms with Crippen molar-refractivity contribution in [3.63, 3.8) is 0 Å². The van der Waals surface area contributed by atoms with Gasteiger partial charge in [-0.2, -0.15) is 0 Å². The Hall–Kier alpha value is -3.31. The van der Waals surface area contributed by atoms with Crippen LogP contribution in [0.3, 0.4) is 0 Å². The Morgan fingerprint density at radius 1 is 0.967 bits per heavy atom. The van der Waals surface area contributed by atoms with Crippen LogP contribution in [0.2, 0.25) is 5.02 Å². The van der Waals surface area contributed by atoms with Gasteiger partial charge in [-0.05, 0) is 35.4 Å². The van der Waals surface area contributed by atoms with Crippen LogP contribution in [0.15, 0.2) is 78.9 Å². The number of carbonyl (C=O) groups is 2. The van der Waals surface area contributed by atoms with Crippen LogP contribution in [-0.2, 0) is 11.3 Å². The Balaban J connectivity index is 1.69. The molecule has 30 heavy (non-hydrogen) atoms. The lowest BCUT2D eigenvalue weighted by molar-refractivity contribution is -0.121. The van der Waals surface area contributed by atoms with Crippen LogP contribution >= 0.6 is 11.6 Å². The SMILES string of the molecule is COc1cccc(CNC(=O)C[C@H](NC(=O)c2ccccc2Cl)c2ccccc2)c1. The number of carbonyl (C=O) groups excluding carboxylic acids is 2. The van der Waals surface area contributed by atoms with Gasteiger partial charge in [-0.25, -0.2) is 0 Å². The first-order valence-electron chi connectivity index (χ1n) is 9.57. The van der Waals surface area contributed by atoms with E-state index >= 15 is 0 Å². The third-order valence-electron chi connectivity index (χ3n) is 4.64. The van der Waals surface area contributed by atoms with Crippen molar-refractivity contribution in [1.29, 1.82) is 0 Å². The van der Waals surface area contributed by atoms with Crippen molar-refractivity contribution in [3.05, 3.63) is 101 Å². The molecule has 0 bridgehead atoms. The van der Waals surface area contributed by atoms with E-state index in [1.807, 2.05) is 54.6 Å².